The Balaban J connectivity index is 1.93. The van der Waals surface area contributed by atoms with Crippen molar-refractivity contribution >= 4 is 17.5 Å². The van der Waals surface area contributed by atoms with Gasteiger partial charge in [0.2, 0.25) is 0 Å². The molecule has 2 heterocycles. The predicted octanol–water partition coefficient (Wildman–Crippen LogP) is 2.43. The Hall–Kier alpha value is -1.92. The molecule has 128 valence electrons. The molecule has 0 saturated carbocycles. The van der Waals surface area contributed by atoms with Crippen molar-refractivity contribution in [3.05, 3.63) is 40.7 Å². The Bertz CT molecular complexity index is 744. The maximum Gasteiger partial charge on any atom is 0.276 e. The summed E-state index contributed by atoms with van der Waals surface area (Å²) in [5.74, 6) is 0.291. The van der Waals surface area contributed by atoms with Crippen LogP contribution in [-0.4, -0.2) is 44.9 Å². The minimum atomic E-state index is -0.104. The van der Waals surface area contributed by atoms with Gasteiger partial charge in [-0.3, -0.25) is 4.79 Å². The van der Waals surface area contributed by atoms with Gasteiger partial charge in [0.25, 0.3) is 5.91 Å². The molecule has 1 aromatic carbocycles. The summed E-state index contributed by atoms with van der Waals surface area (Å²) >= 11 is 6.23. The first-order chi connectivity index (χ1) is 11.5. The van der Waals surface area contributed by atoms with Crippen LogP contribution in [0.25, 0.3) is 5.69 Å². The maximum atomic E-state index is 13.0. The van der Waals surface area contributed by atoms with Crippen molar-refractivity contribution in [3.8, 4) is 5.69 Å². The number of rotatable bonds is 3. The summed E-state index contributed by atoms with van der Waals surface area (Å²) in [5, 5.41) is 8.83. The largest absolute Gasteiger partial charge is 0.333 e. The normalized spacial score (nSPS) is 21.1. The second-order valence-corrected chi connectivity index (χ2v) is 6.71. The number of hydrogen-bond donors (Lipinski definition) is 1. The lowest BCUT2D eigenvalue weighted by Gasteiger charge is -2.39. The Kier molecular flexibility index (Phi) is 4.87. The lowest BCUT2D eigenvalue weighted by atomic mass is 9.90. The summed E-state index contributed by atoms with van der Waals surface area (Å²) in [5.41, 5.74) is 7.66. The Morgan fingerprint density at radius 2 is 2.17 bits per heavy atom. The standard InChI is InChI=1S/C17H22ClN5O/c1-11-6-5-9-22(15(11)10-19)17(24)16-12(2)23(21-20-16)14-8-4-3-7-13(14)18/h3-4,7-8,11,15H,5-6,9-10,19H2,1-2H3/t11-,15-/m1/s1. The molecule has 1 aliphatic rings. The predicted molar refractivity (Wildman–Crippen MR) is 93.4 cm³/mol. The van der Waals surface area contributed by atoms with Gasteiger partial charge in [-0.15, -0.1) is 5.10 Å². The fourth-order valence-electron chi connectivity index (χ4n) is 3.38. The van der Waals surface area contributed by atoms with E-state index in [9.17, 15) is 4.79 Å². The molecule has 0 unspecified atom stereocenters. The highest BCUT2D eigenvalue weighted by Crippen LogP contribution is 2.26. The minimum absolute atomic E-state index is 0.0520. The summed E-state index contributed by atoms with van der Waals surface area (Å²) < 4.78 is 1.61. The summed E-state index contributed by atoms with van der Waals surface area (Å²) in [7, 11) is 0. The van der Waals surface area contributed by atoms with Crippen LogP contribution in [0.4, 0.5) is 0 Å². The first-order valence-corrected chi connectivity index (χ1v) is 8.60. The Morgan fingerprint density at radius 3 is 2.88 bits per heavy atom. The molecule has 2 N–H and O–H groups in total. The number of likely N-dealkylation sites (tertiary alicyclic amines) is 1. The van der Waals surface area contributed by atoms with E-state index < -0.39 is 0 Å². The zero-order valence-corrected chi connectivity index (χ0v) is 14.7. The van der Waals surface area contributed by atoms with Crippen LogP contribution in [0.2, 0.25) is 5.02 Å². The van der Waals surface area contributed by atoms with Crippen molar-refractivity contribution in [3.63, 3.8) is 0 Å². The van der Waals surface area contributed by atoms with Crippen molar-refractivity contribution in [2.24, 2.45) is 11.7 Å². The fourth-order valence-corrected chi connectivity index (χ4v) is 3.59. The van der Waals surface area contributed by atoms with Crippen molar-refractivity contribution in [2.45, 2.75) is 32.7 Å². The lowest BCUT2D eigenvalue weighted by Crippen LogP contribution is -2.51. The molecule has 6 nitrogen and oxygen atoms in total. The molecule has 0 spiro atoms. The number of amides is 1. The zero-order valence-electron chi connectivity index (χ0n) is 13.9. The van der Waals surface area contributed by atoms with Gasteiger partial charge >= 0.3 is 0 Å². The quantitative estimate of drug-likeness (QED) is 0.925. The number of para-hydroxylation sites is 1. The van der Waals surface area contributed by atoms with Gasteiger partial charge in [-0.1, -0.05) is 35.9 Å². The van der Waals surface area contributed by atoms with Gasteiger partial charge in [0.1, 0.15) is 0 Å². The fraction of sp³-hybridized carbons (Fsp3) is 0.471. The van der Waals surface area contributed by atoms with E-state index >= 15 is 0 Å². The third-order valence-electron chi connectivity index (χ3n) is 4.80. The molecule has 1 fully saturated rings. The van der Waals surface area contributed by atoms with Gasteiger partial charge in [0.15, 0.2) is 5.69 Å². The maximum absolute atomic E-state index is 13.0. The summed E-state index contributed by atoms with van der Waals surface area (Å²) in [4.78, 5) is 14.8. The third kappa shape index (κ3) is 2.91. The molecule has 0 aliphatic carbocycles. The highest BCUT2D eigenvalue weighted by atomic mass is 35.5. The van der Waals surface area contributed by atoms with E-state index in [-0.39, 0.29) is 11.9 Å². The van der Waals surface area contributed by atoms with E-state index in [2.05, 4.69) is 17.2 Å². The van der Waals surface area contributed by atoms with E-state index in [0.29, 0.717) is 41.1 Å². The van der Waals surface area contributed by atoms with Gasteiger partial charge in [-0.2, -0.15) is 0 Å². The molecule has 1 amide bonds. The molecule has 0 radical (unpaired) electrons. The van der Waals surface area contributed by atoms with Gasteiger partial charge in [0.05, 0.1) is 16.4 Å². The minimum Gasteiger partial charge on any atom is -0.333 e. The molecule has 7 heteroatoms. The smallest absolute Gasteiger partial charge is 0.276 e. The SMILES string of the molecule is Cc1c(C(=O)N2CCC[C@@H](C)[C@H]2CN)nnn1-c1ccccc1Cl. The summed E-state index contributed by atoms with van der Waals surface area (Å²) in [6.45, 7) is 5.15. The average molecular weight is 348 g/mol. The van der Waals surface area contributed by atoms with Crippen molar-refractivity contribution in [1.29, 1.82) is 0 Å². The summed E-state index contributed by atoms with van der Waals surface area (Å²) in [6, 6.07) is 7.42. The third-order valence-corrected chi connectivity index (χ3v) is 5.12. The van der Waals surface area contributed by atoms with E-state index in [4.69, 9.17) is 17.3 Å². The molecule has 24 heavy (non-hydrogen) atoms. The van der Waals surface area contributed by atoms with Gasteiger partial charge in [0, 0.05) is 19.1 Å². The zero-order chi connectivity index (χ0) is 17.3. The van der Waals surface area contributed by atoms with Crippen LogP contribution in [0.3, 0.4) is 0 Å². The van der Waals surface area contributed by atoms with Crippen molar-refractivity contribution < 1.29 is 4.79 Å². The second-order valence-electron chi connectivity index (χ2n) is 6.31. The Morgan fingerprint density at radius 1 is 1.42 bits per heavy atom. The first kappa shape index (κ1) is 16.9. The number of aromatic nitrogens is 3. The molecule has 2 aromatic rings. The van der Waals surface area contributed by atoms with Gasteiger partial charge in [-0.05, 0) is 37.8 Å². The topological polar surface area (TPSA) is 77.0 Å². The Labute approximate surface area is 146 Å². The van der Waals surface area contributed by atoms with E-state index in [0.717, 1.165) is 12.8 Å². The number of benzene rings is 1. The molecule has 1 saturated heterocycles. The number of nitrogens with two attached hydrogens (primary N) is 1. The molecule has 1 aliphatic heterocycles. The van der Waals surface area contributed by atoms with Crippen molar-refractivity contribution in [1.82, 2.24) is 19.9 Å². The van der Waals surface area contributed by atoms with E-state index in [1.807, 2.05) is 30.0 Å². The highest BCUT2D eigenvalue weighted by molar-refractivity contribution is 6.32. The molecule has 2 atom stereocenters. The van der Waals surface area contributed by atoms with Crippen LogP contribution in [-0.2, 0) is 0 Å². The lowest BCUT2D eigenvalue weighted by molar-refractivity contribution is 0.0525. The van der Waals surface area contributed by atoms with Crippen LogP contribution in [0.15, 0.2) is 24.3 Å². The number of nitrogens with zero attached hydrogens (tertiary/aromatic N) is 4. The van der Waals surface area contributed by atoms with Crippen LogP contribution in [0.1, 0.15) is 35.9 Å². The van der Waals surface area contributed by atoms with Crippen molar-refractivity contribution in [2.75, 3.05) is 13.1 Å². The number of halogens is 1. The second kappa shape index (κ2) is 6.91. The molecule has 0 bridgehead atoms. The summed E-state index contributed by atoms with van der Waals surface area (Å²) in [6.07, 6.45) is 2.08. The average Bonchev–Trinajstić information content (AvgIpc) is 2.96. The number of piperidine rings is 1. The number of hydrogen-bond acceptors (Lipinski definition) is 4. The molecule has 3 rings (SSSR count). The van der Waals surface area contributed by atoms with E-state index in [1.165, 1.54) is 0 Å². The highest BCUT2D eigenvalue weighted by Gasteiger charge is 2.33. The van der Waals surface area contributed by atoms with Crippen LogP contribution in [0.5, 0.6) is 0 Å². The molecular weight excluding hydrogens is 326 g/mol. The van der Waals surface area contributed by atoms with E-state index in [1.54, 1.807) is 10.7 Å². The van der Waals surface area contributed by atoms with Crippen LogP contribution in [0, 0.1) is 12.8 Å². The van der Waals surface area contributed by atoms with Gasteiger partial charge < -0.3 is 10.6 Å². The number of carbonyl (C=O) groups is 1. The first-order valence-electron chi connectivity index (χ1n) is 8.22. The van der Waals surface area contributed by atoms with Gasteiger partial charge in [-0.25, -0.2) is 4.68 Å². The van der Waals surface area contributed by atoms with Crippen LogP contribution < -0.4 is 5.73 Å². The van der Waals surface area contributed by atoms with Crippen LogP contribution >= 0.6 is 11.6 Å². The molecule has 1 aromatic heterocycles. The molecular formula is C17H22ClN5O. The monoisotopic (exact) mass is 347 g/mol. The number of carbonyl (C=O) groups excluding carboxylic acids is 1.